The number of rotatable bonds is 7. The summed E-state index contributed by atoms with van der Waals surface area (Å²) in [6.45, 7) is 6.01. The number of carbonyl (C=O) groups is 1. The Bertz CT molecular complexity index is 185. The average molecular weight is 279 g/mol. The zero-order valence-corrected chi connectivity index (χ0v) is 11.6. The normalized spacial score (nSPS) is 13.9. The molecule has 3 heteroatoms. The number of carboxylic acids is 1. The van der Waals surface area contributed by atoms with Crippen molar-refractivity contribution >= 4 is 21.9 Å². The van der Waals surface area contributed by atoms with Gasteiger partial charge in [-0.15, -0.1) is 0 Å². The molecule has 0 saturated carbocycles. The third-order valence-corrected chi connectivity index (χ3v) is 3.28. The number of aliphatic carboxylic acids is 1. The van der Waals surface area contributed by atoms with Gasteiger partial charge < -0.3 is 5.11 Å². The third-order valence-electron chi connectivity index (χ3n) is 2.72. The summed E-state index contributed by atoms with van der Waals surface area (Å²) in [6, 6.07) is 0. The summed E-state index contributed by atoms with van der Waals surface area (Å²) in [4.78, 5) is 11.1. The fourth-order valence-electron chi connectivity index (χ4n) is 1.72. The van der Waals surface area contributed by atoms with Crippen LogP contribution >= 0.6 is 15.9 Å². The Morgan fingerprint density at radius 1 is 1.20 bits per heavy atom. The molecule has 0 fully saturated rings. The van der Waals surface area contributed by atoms with Crippen LogP contribution in [0.25, 0.3) is 0 Å². The van der Waals surface area contributed by atoms with Gasteiger partial charge in [-0.05, 0) is 18.3 Å². The molecule has 1 N–H and O–H groups in total. The molecule has 0 aromatic heterocycles. The van der Waals surface area contributed by atoms with Crippen LogP contribution in [0.3, 0.4) is 0 Å². The summed E-state index contributed by atoms with van der Waals surface area (Å²) in [6.07, 6.45) is 5.36. The van der Waals surface area contributed by atoms with Crippen molar-refractivity contribution in [3.8, 4) is 0 Å². The standard InChI is InChI=1S/C12H23BrO2/c1-12(2,3)10(11(14)15)8-6-4-5-7-9-13/h10H,4-9H2,1-3H3,(H,14,15). The van der Waals surface area contributed by atoms with Crippen LogP contribution in [0.15, 0.2) is 0 Å². The van der Waals surface area contributed by atoms with E-state index in [0.29, 0.717) is 0 Å². The molecule has 0 spiro atoms. The fraction of sp³-hybridized carbons (Fsp3) is 0.917. The number of alkyl halides is 1. The first-order valence-corrected chi connectivity index (χ1v) is 6.80. The maximum Gasteiger partial charge on any atom is 0.307 e. The van der Waals surface area contributed by atoms with E-state index in [1.54, 1.807) is 0 Å². The highest BCUT2D eigenvalue weighted by Crippen LogP contribution is 2.30. The Hall–Kier alpha value is -0.0500. The molecule has 0 aliphatic carbocycles. The molecular formula is C12H23BrO2. The van der Waals surface area contributed by atoms with Crippen LogP contribution in [0.1, 0.15) is 52.9 Å². The first kappa shape index (κ1) is 14.9. The highest BCUT2D eigenvalue weighted by Gasteiger charge is 2.30. The van der Waals surface area contributed by atoms with Gasteiger partial charge >= 0.3 is 5.97 Å². The maximum atomic E-state index is 11.1. The van der Waals surface area contributed by atoms with Gasteiger partial charge in [0.25, 0.3) is 0 Å². The number of hydrogen-bond donors (Lipinski definition) is 1. The summed E-state index contributed by atoms with van der Waals surface area (Å²) in [5.74, 6) is -0.857. The van der Waals surface area contributed by atoms with Gasteiger partial charge in [0.1, 0.15) is 0 Å². The van der Waals surface area contributed by atoms with Gasteiger partial charge in [-0.1, -0.05) is 56.0 Å². The van der Waals surface area contributed by atoms with Crippen molar-refractivity contribution in [1.29, 1.82) is 0 Å². The van der Waals surface area contributed by atoms with Crippen molar-refractivity contribution in [3.63, 3.8) is 0 Å². The molecule has 1 atom stereocenters. The molecule has 0 heterocycles. The maximum absolute atomic E-state index is 11.1. The molecule has 2 nitrogen and oxygen atoms in total. The lowest BCUT2D eigenvalue weighted by Crippen LogP contribution is -2.28. The van der Waals surface area contributed by atoms with E-state index >= 15 is 0 Å². The Kier molecular flexibility index (Phi) is 7.24. The molecule has 0 amide bonds. The molecule has 0 aromatic carbocycles. The van der Waals surface area contributed by atoms with Gasteiger partial charge in [-0.25, -0.2) is 0 Å². The minimum absolute atomic E-state index is 0.124. The second-order valence-corrected chi connectivity index (χ2v) is 5.94. The van der Waals surface area contributed by atoms with E-state index in [-0.39, 0.29) is 11.3 Å². The molecule has 0 bridgehead atoms. The minimum atomic E-state index is -0.650. The first-order valence-electron chi connectivity index (χ1n) is 5.68. The van der Waals surface area contributed by atoms with E-state index in [4.69, 9.17) is 5.11 Å². The van der Waals surface area contributed by atoms with Gasteiger partial charge in [0, 0.05) is 5.33 Å². The SMILES string of the molecule is CC(C)(C)C(CCCCCCBr)C(=O)O. The highest BCUT2D eigenvalue weighted by molar-refractivity contribution is 9.09. The predicted molar refractivity (Wildman–Crippen MR) is 67.5 cm³/mol. The van der Waals surface area contributed by atoms with Crippen molar-refractivity contribution in [2.24, 2.45) is 11.3 Å². The van der Waals surface area contributed by atoms with Gasteiger partial charge in [0.05, 0.1) is 5.92 Å². The lowest BCUT2D eigenvalue weighted by atomic mass is 9.78. The quantitative estimate of drug-likeness (QED) is 0.563. The van der Waals surface area contributed by atoms with Gasteiger partial charge in [0.2, 0.25) is 0 Å². The van der Waals surface area contributed by atoms with Crippen LogP contribution < -0.4 is 0 Å². The van der Waals surface area contributed by atoms with E-state index in [2.05, 4.69) is 15.9 Å². The Labute approximate surface area is 102 Å². The number of carboxylic acid groups (broad SMARTS) is 1. The van der Waals surface area contributed by atoms with Crippen LogP contribution in [0.5, 0.6) is 0 Å². The fourth-order valence-corrected chi connectivity index (χ4v) is 2.12. The van der Waals surface area contributed by atoms with Crippen LogP contribution in [0.2, 0.25) is 0 Å². The summed E-state index contributed by atoms with van der Waals surface area (Å²) in [5.41, 5.74) is -0.124. The molecule has 0 aliphatic rings. The number of halogens is 1. The molecule has 90 valence electrons. The molecule has 1 unspecified atom stereocenters. The smallest absolute Gasteiger partial charge is 0.307 e. The number of unbranched alkanes of at least 4 members (excludes halogenated alkanes) is 3. The third kappa shape index (κ3) is 6.93. The zero-order valence-electron chi connectivity index (χ0n) is 10.1. The second kappa shape index (κ2) is 7.26. The lowest BCUT2D eigenvalue weighted by molar-refractivity contribution is -0.145. The Morgan fingerprint density at radius 2 is 1.73 bits per heavy atom. The summed E-state index contributed by atoms with van der Waals surface area (Å²) >= 11 is 3.39. The first-order chi connectivity index (χ1) is 6.89. The van der Waals surface area contributed by atoms with E-state index < -0.39 is 5.97 Å². The molecule has 0 rings (SSSR count). The van der Waals surface area contributed by atoms with Crippen molar-refractivity contribution in [1.82, 2.24) is 0 Å². The topological polar surface area (TPSA) is 37.3 Å². The molecule has 15 heavy (non-hydrogen) atoms. The van der Waals surface area contributed by atoms with E-state index in [0.717, 1.165) is 24.6 Å². The second-order valence-electron chi connectivity index (χ2n) is 5.15. The van der Waals surface area contributed by atoms with Gasteiger partial charge in [-0.2, -0.15) is 0 Å². The molecule has 0 aromatic rings. The Morgan fingerprint density at radius 3 is 2.13 bits per heavy atom. The van der Waals surface area contributed by atoms with E-state index in [1.165, 1.54) is 12.8 Å². The average Bonchev–Trinajstić information content (AvgIpc) is 2.08. The summed E-state index contributed by atoms with van der Waals surface area (Å²) in [5, 5.41) is 10.2. The van der Waals surface area contributed by atoms with Crippen molar-refractivity contribution in [2.45, 2.75) is 52.9 Å². The van der Waals surface area contributed by atoms with Crippen LogP contribution in [0.4, 0.5) is 0 Å². The van der Waals surface area contributed by atoms with Crippen molar-refractivity contribution in [3.05, 3.63) is 0 Å². The van der Waals surface area contributed by atoms with Crippen molar-refractivity contribution in [2.75, 3.05) is 5.33 Å². The van der Waals surface area contributed by atoms with E-state index in [1.807, 2.05) is 20.8 Å². The van der Waals surface area contributed by atoms with E-state index in [9.17, 15) is 4.79 Å². The molecule has 0 radical (unpaired) electrons. The lowest BCUT2D eigenvalue weighted by Gasteiger charge is -2.26. The van der Waals surface area contributed by atoms with Crippen LogP contribution in [0, 0.1) is 11.3 Å². The Balaban J connectivity index is 3.84. The zero-order chi connectivity index (χ0) is 11.9. The van der Waals surface area contributed by atoms with Gasteiger partial charge in [0.15, 0.2) is 0 Å². The highest BCUT2D eigenvalue weighted by atomic mass is 79.9. The molecular weight excluding hydrogens is 256 g/mol. The van der Waals surface area contributed by atoms with Crippen LogP contribution in [-0.4, -0.2) is 16.4 Å². The monoisotopic (exact) mass is 278 g/mol. The molecule has 0 saturated heterocycles. The predicted octanol–water partition coefficient (Wildman–Crippen LogP) is 4.08. The van der Waals surface area contributed by atoms with Crippen LogP contribution in [-0.2, 0) is 4.79 Å². The number of hydrogen-bond acceptors (Lipinski definition) is 1. The van der Waals surface area contributed by atoms with Crippen molar-refractivity contribution < 1.29 is 9.90 Å². The largest absolute Gasteiger partial charge is 0.481 e. The minimum Gasteiger partial charge on any atom is -0.481 e. The molecule has 0 aliphatic heterocycles. The summed E-state index contributed by atoms with van der Waals surface area (Å²) in [7, 11) is 0. The summed E-state index contributed by atoms with van der Waals surface area (Å²) < 4.78 is 0. The van der Waals surface area contributed by atoms with Gasteiger partial charge in [-0.3, -0.25) is 4.79 Å².